The molecule has 136 valence electrons. The number of carbonyl (C=O) groups excluding carboxylic acids is 1. The minimum Gasteiger partial charge on any atom is -0.378 e. The lowest BCUT2D eigenvalue weighted by atomic mass is 10.0. The van der Waals surface area contributed by atoms with Gasteiger partial charge in [0.25, 0.3) is 0 Å². The van der Waals surface area contributed by atoms with Gasteiger partial charge in [0.15, 0.2) is 5.78 Å². The summed E-state index contributed by atoms with van der Waals surface area (Å²) in [6.07, 6.45) is 3.39. The summed E-state index contributed by atoms with van der Waals surface area (Å²) >= 11 is 0. The standard InChI is InChI=1S/C19H22N4O3/c24-19(15-1-3-20-17(13-15)22-5-9-25-10-6-22)16-2-4-21-18(14-16)23-7-11-26-12-8-23/h1-4,13-14H,5-12H2. The lowest BCUT2D eigenvalue weighted by Gasteiger charge is -2.28. The summed E-state index contributed by atoms with van der Waals surface area (Å²) in [5, 5.41) is 0. The van der Waals surface area contributed by atoms with Crippen molar-refractivity contribution in [1.82, 2.24) is 9.97 Å². The third-order valence-electron chi connectivity index (χ3n) is 4.69. The van der Waals surface area contributed by atoms with E-state index in [4.69, 9.17) is 9.47 Å². The minimum atomic E-state index is -0.0150. The average Bonchev–Trinajstić information content (AvgIpc) is 2.75. The van der Waals surface area contributed by atoms with Crippen molar-refractivity contribution >= 4 is 17.4 Å². The predicted molar refractivity (Wildman–Crippen MR) is 98.0 cm³/mol. The summed E-state index contributed by atoms with van der Waals surface area (Å²) in [5.41, 5.74) is 1.28. The quantitative estimate of drug-likeness (QED) is 0.769. The fourth-order valence-electron chi connectivity index (χ4n) is 3.22. The number of morpholine rings is 2. The Labute approximate surface area is 152 Å². The van der Waals surface area contributed by atoms with Gasteiger partial charge in [-0.15, -0.1) is 0 Å². The third kappa shape index (κ3) is 3.68. The smallest absolute Gasteiger partial charge is 0.193 e. The van der Waals surface area contributed by atoms with Crippen LogP contribution in [0.4, 0.5) is 11.6 Å². The Kier molecular flexibility index (Phi) is 5.08. The number of hydrogen-bond acceptors (Lipinski definition) is 7. The maximum Gasteiger partial charge on any atom is 0.193 e. The number of carbonyl (C=O) groups is 1. The van der Waals surface area contributed by atoms with Crippen molar-refractivity contribution in [3.63, 3.8) is 0 Å². The molecule has 2 aromatic rings. The van der Waals surface area contributed by atoms with Gasteiger partial charge in [-0.05, 0) is 24.3 Å². The Balaban J connectivity index is 1.55. The molecule has 2 aliphatic heterocycles. The second kappa shape index (κ2) is 7.80. The lowest BCUT2D eigenvalue weighted by Crippen LogP contribution is -2.37. The fourth-order valence-corrected chi connectivity index (χ4v) is 3.22. The van der Waals surface area contributed by atoms with Gasteiger partial charge in [-0.1, -0.05) is 0 Å². The molecule has 0 N–H and O–H groups in total. The molecular weight excluding hydrogens is 332 g/mol. The van der Waals surface area contributed by atoms with E-state index in [0.29, 0.717) is 37.6 Å². The molecule has 0 unspecified atom stereocenters. The fraction of sp³-hybridized carbons (Fsp3) is 0.421. The SMILES string of the molecule is O=C(c1ccnc(N2CCOCC2)c1)c1ccnc(N2CCOCC2)c1. The number of anilines is 2. The number of hydrogen-bond donors (Lipinski definition) is 0. The second-order valence-electron chi connectivity index (χ2n) is 6.33. The van der Waals surface area contributed by atoms with Gasteiger partial charge in [0.2, 0.25) is 0 Å². The number of pyridine rings is 2. The van der Waals surface area contributed by atoms with E-state index < -0.39 is 0 Å². The van der Waals surface area contributed by atoms with Gasteiger partial charge in [0.05, 0.1) is 26.4 Å². The van der Waals surface area contributed by atoms with Crippen molar-refractivity contribution in [2.45, 2.75) is 0 Å². The number of rotatable bonds is 4. The molecule has 0 aromatic carbocycles. The van der Waals surface area contributed by atoms with E-state index in [1.54, 1.807) is 24.5 Å². The molecule has 0 spiro atoms. The zero-order valence-electron chi connectivity index (χ0n) is 14.6. The van der Waals surface area contributed by atoms with E-state index in [1.165, 1.54) is 0 Å². The molecule has 2 aliphatic rings. The first-order valence-electron chi connectivity index (χ1n) is 8.93. The molecule has 7 nitrogen and oxygen atoms in total. The van der Waals surface area contributed by atoms with Crippen LogP contribution in [0.15, 0.2) is 36.7 Å². The summed E-state index contributed by atoms with van der Waals surface area (Å²) in [6, 6.07) is 7.26. The van der Waals surface area contributed by atoms with Crippen LogP contribution < -0.4 is 9.80 Å². The van der Waals surface area contributed by atoms with Crippen molar-refractivity contribution in [3.8, 4) is 0 Å². The monoisotopic (exact) mass is 354 g/mol. The number of ketones is 1. The second-order valence-corrected chi connectivity index (χ2v) is 6.33. The lowest BCUT2D eigenvalue weighted by molar-refractivity contribution is 0.103. The maximum atomic E-state index is 13.0. The molecule has 4 rings (SSSR count). The highest BCUT2D eigenvalue weighted by Crippen LogP contribution is 2.20. The van der Waals surface area contributed by atoms with Gasteiger partial charge < -0.3 is 19.3 Å². The van der Waals surface area contributed by atoms with Gasteiger partial charge in [0.1, 0.15) is 11.6 Å². The Morgan fingerprint density at radius 2 is 1.19 bits per heavy atom. The largest absolute Gasteiger partial charge is 0.378 e. The van der Waals surface area contributed by atoms with Crippen LogP contribution in [0.25, 0.3) is 0 Å². The molecule has 26 heavy (non-hydrogen) atoms. The van der Waals surface area contributed by atoms with Gasteiger partial charge >= 0.3 is 0 Å². The van der Waals surface area contributed by atoms with Crippen LogP contribution in [0.1, 0.15) is 15.9 Å². The normalized spacial score (nSPS) is 18.0. The van der Waals surface area contributed by atoms with Crippen molar-refractivity contribution in [2.24, 2.45) is 0 Å². The van der Waals surface area contributed by atoms with Crippen LogP contribution >= 0.6 is 0 Å². The Morgan fingerprint density at radius 1 is 0.769 bits per heavy atom. The zero-order valence-corrected chi connectivity index (χ0v) is 14.6. The summed E-state index contributed by atoms with van der Waals surface area (Å²) in [7, 11) is 0. The topological polar surface area (TPSA) is 67.8 Å². The zero-order chi connectivity index (χ0) is 17.8. The number of aromatic nitrogens is 2. The van der Waals surface area contributed by atoms with Gasteiger partial charge in [0, 0.05) is 49.7 Å². The maximum absolute atomic E-state index is 13.0. The molecule has 0 radical (unpaired) electrons. The van der Waals surface area contributed by atoms with Gasteiger partial charge in [-0.3, -0.25) is 4.79 Å². The van der Waals surface area contributed by atoms with Crippen molar-refractivity contribution in [1.29, 1.82) is 0 Å². The van der Waals surface area contributed by atoms with Crippen molar-refractivity contribution in [3.05, 3.63) is 47.8 Å². The average molecular weight is 354 g/mol. The molecule has 2 fully saturated rings. The van der Waals surface area contributed by atoms with Gasteiger partial charge in [-0.25, -0.2) is 9.97 Å². The Hall–Kier alpha value is -2.51. The molecule has 0 amide bonds. The Bertz CT molecular complexity index is 707. The van der Waals surface area contributed by atoms with Crippen LogP contribution in [-0.4, -0.2) is 68.4 Å². The van der Waals surface area contributed by atoms with E-state index >= 15 is 0 Å². The van der Waals surface area contributed by atoms with Crippen LogP contribution in [0.3, 0.4) is 0 Å². The first kappa shape index (κ1) is 16.9. The van der Waals surface area contributed by atoms with Crippen LogP contribution in [-0.2, 0) is 9.47 Å². The molecule has 2 saturated heterocycles. The third-order valence-corrected chi connectivity index (χ3v) is 4.69. The predicted octanol–water partition coefficient (Wildman–Crippen LogP) is 1.38. The summed E-state index contributed by atoms with van der Waals surface area (Å²) in [4.78, 5) is 26.1. The van der Waals surface area contributed by atoms with E-state index in [1.807, 2.05) is 12.1 Å². The summed E-state index contributed by atoms with van der Waals surface area (Å²) < 4.78 is 10.8. The molecule has 2 aromatic heterocycles. The highest BCUT2D eigenvalue weighted by molar-refractivity contribution is 6.09. The highest BCUT2D eigenvalue weighted by atomic mass is 16.5. The first-order chi connectivity index (χ1) is 12.8. The van der Waals surface area contributed by atoms with E-state index in [2.05, 4.69) is 19.8 Å². The molecule has 0 bridgehead atoms. The first-order valence-corrected chi connectivity index (χ1v) is 8.93. The van der Waals surface area contributed by atoms with E-state index in [9.17, 15) is 4.79 Å². The van der Waals surface area contributed by atoms with Crippen LogP contribution in [0.5, 0.6) is 0 Å². The van der Waals surface area contributed by atoms with Crippen molar-refractivity contribution < 1.29 is 14.3 Å². The molecule has 0 atom stereocenters. The van der Waals surface area contributed by atoms with Gasteiger partial charge in [-0.2, -0.15) is 0 Å². The molecule has 7 heteroatoms. The van der Waals surface area contributed by atoms with Crippen LogP contribution in [0.2, 0.25) is 0 Å². The van der Waals surface area contributed by atoms with Crippen LogP contribution in [0, 0.1) is 0 Å². The molecular formula is C19H22N4O3. The Morgan fingerprint density at radius 3 is 1.62 bits per heavy atom. The number of nitrogens with zero attached hydrogens (tertiary/aromatic N) is 4. The number of ether oxygens (including phenoxy) is 2. The summed E-state index contributed by atoms with van der Waals surface area (Å²) in [5.74, 6) is 1.63. The molecule has 0 saturated carbocycles. The molecule has 4 heterocycles. The van der Waals surface area contributed by atoms with E-state index in [-0.39, 0.29) is 5.78 Å². The van der Waals surface area contributed by atoms with E-state index in [0.717, 1.165) is 37.8 Å². The van der Waals surface area contributed by atoms with Crippen molar-refractivity contribution in [2.75, 3.05) is 62.4 Å². The molecule has 0 aliphatic carbocycles. The summed E-state index contributed by atoms with van der Waals surface area (Å²) in [6.45, 7) is 5.92. The minimum absolute atomic E-state index is 0.0150. The highest BCUT2D eigenvalue weighted by Gasteiger charge is 2.18.